The Hall–Kier alpha value is 1.45. The molecule has 1 nitrogen and oxygen atoms in total. The first kappa shape index (κ1) is 14.9. The van der Waals surface area contributed by atoms with Crippen LogP contribution in [0.5, 0.6) is 0 Å². The Labute approximate surface area is 108 Å². The minimum absolute atomic E-state index is 0. The number of rotatable bonds is 4. The van der Waals surface area contributed by atoms with Gasteiger partial charge in [-0.1, -0.05) is 12.7 Å². The topological polar surface area (TPSA) is 3.24 Å². The van der Waals surface area contributed by atoms with E-state index in [0.717, 1.165) is 0 Å². The Morgan fingerprint density at radius 1 is 1.18 bits per heavy atom. The van der Waals surface area contributed by atoms with E-state index in [1.807, 2.05) is 0 Å². The molecule has 0 saturated carbocycles. The van der Waals surface area contributed by atoms with Crippen molar-refractivity contribution in [2.24, 2.45) is 0 Å². The van der Waals surface area contributed by atoms with Crippen LogP contribution in [0.15, 0.2) is 0 Å². The minimum atomic E-state index is -4.56. The molecule has 62 valence electrons. The summed E-state index contributed by atoms with van der Waals surface area (Å²) in [4.78, 5) is 1.75. The third kappa shape index (κ3) is 14.3. The van der Waals surface area contributed by atoms with Crippen molar-refractivity contribution in [3.05, 3.63) is 0 Å². The van der Waals surface area contributed by atoms with Crippen LogP contribution >= 0.6 is 0 Å². The molecule has 0 aromatic heterocycles. The van der Waals surface area contributed by atoms with Crippen molar-refractivity contribution >= 4 is 6.98 Å². The molecule has 0 unspecified atom stereocenters. The molecule has 0 radical (unpaired) electrons. The van der Waals surface area contributed by atoms with Crippen LogP contribution in [0.1, 0.15) is 6.42 Å². The van der Waals surface area contributed by atoms with Crippen LogP contribution < -0.4 is 51.4 Å². The summed E-state index contributed by atoms with van der Waals surface area (Å²) in [5.41, 5.74) is 0. The Morgan fingerprint density at radius 2 is 1.64 bits per heavy atom. The molecule has 6 heteroatoms. The molecule has 0 aromatic rings. The summed E-state index contributed by atoms with van der Waals surface area (Å²) in [6.07, 6.45) is -0.394. The number of nitrogens with zero attached hydrogens (tertiary/aromatic N) is 1. The van der Waals surface area contributed by atoms with Gasteiger partial charge in [0.15, 0.2) is 0 Å². The van der Waals surface area contributed by atoms with Crippen molar-refractivity contribution < 1.29 is 64.3 Å². The maximum Gasteiger partial charge on any atom is 1.00 e. The van der Waals surface area contributed by atoms with E-state index >= 15 is 0 Å². The first-order valence-electron chi connectivity index (χ1n) is 3.27. The van der Waals surface area contributed by atoms with Gasteiger partial charge in [-0.15, -0.1) is 0 Å². The summed E-state index contributed by atoms with van der Waals surface area (Å²) in [5.74, 6) is 0. The van der Waals surface area contributed by atoms with Crippen molar-refractivity contribution in [3.8, 4) is 0 Å². The van der Waals surface area contributed by atoms with Gasteiger partial charge in [0.2, 0.25) is 0 Å². The maximum atomic E-state index is 11.6. The summed E-state index contributed by atoms with van der Waals surface area (Å²) < 4.78 is 34.7. The second-order valence-electron chi connectivity index (χ2n) is 2.66. The molecule has 0 aromatic carbocycles. The fourth-order valence-electron chi connectivity index (χ4n) is 0.639. The minimum Gasteiger partial charge on any atom is -0.449 e. The van der Waals surface area contributed by atoms with E-state index in [0.29, 0.717) is 6.54 Å². The predicted octanol–water partition coefficient (Wildman–Crippen LogP) is -1.21. The summed E-state index contributed by atoms with van der Waals surface area (Å²) in [6.45, 7) is -4.04. The fourth-order valence-corrected chi connectivity index (χ4v) is 0.639. The van der Waals surface area contributed by atoms with E-state index in [1.54, 1.807) is 19.0 Å². The molecule has 0 saturated heterocycles. The van der Waals surface area contributed by atoms with E-state index in [1.165, 1.54) is 0 Å². The Balaban J connectivity index is 0. The van der Waals surface area contributed by atoms with Crippen LogP contribution in [0.4, 0.5) is 12.9 Å². The van der Waals surface area contributed by atoms with Crippen LogP contribution in [0.2, 0.25) is 6.32 Å². The van der Waals surface area contributed by atoms with E-state index in [9.17, 15) is 12.9 Å². The quantitative estimate of drug-likeness (QED) is 0.506. The van der Waals surface area contributed by atoms with Crippen molar-refractivity contribution in [3.63, 3.8) is 0 Å². The molecule has 0 amide bonds. The third-order valence-corrected chi connectivity index (χ3v) is 1.14. The molecule has 0 bridgehead atoms. The van der Waals surface area contributed by atoms with E-state index < -0.39 is 13.3 Å². The molecule has 0 heterocycles. The zero-order chi connectivity index (χ0) is 8.20. The second kappa shape index (κ2) is 6.91. The molecule has 11 heavy (non-hydrogen) atoms. The standard InChI is InChI=1S/C5H12BF3N.K/c1-10(2)5-3-4-6(7,8)9;/h3-5H2,1-2H3;/q-1;+1. The smallest absolute Gasteiger partial charge is 0.449 e. The summed E-state index contributed by atoms with van der Waals surface area (Å²) >= 11 is 0. The van der Waals surface area contributed by atoms with Gasteiger partial charge in [-0.2, -0.15) is 0 Å². The van der Waals surface area contributed by atoms with Crippen LogP contribution in [0.3, 0.4) is 0 Å². The van der Waals surface area contributed by atoms with Crippen molar-refractivity contribution in [2.75, 3.05) is 20.6 Å². The molecule has 0 N–H and O–H groups in total. The van der Waals surface area contributed by atoms with Crippen molar-refractivity contribution in [2.45, 2.75) is 12.7 Å². The fraction of sp³-hybridized carbons (Fsp3) is 1.00. The average molecular weight is 193 g/mol. The van der Waals surface area contributed by atoms with E-state index in [2.05, 4.69) is 0 Å². The zero-order valence-corrected chi connectivity index (χ0v) is 10.4. The number of hydrogen-bond acceptors (Lipinski definition) is 1. The first-order chi connectivity index (χ1) is 4.42. The van der Waals surface area contributed by atoms with Gasteiger partial charge in [-0.3, -0.25) is 0 Å². The first-order valence-corrected chi connectivity index (χ1v) is 3.27. The number of halogens is 3. The van der Waals surface area contributed by atoms with Crippen LogP contribution in [-0.4, -0.2) is 32.5 Å². The number of hydrogen-bond donors (Lipinski definition) is 0. The van der Waals surface area contributed by atoms with Gasteiger partial charge in [-0.05, 0) is 20.6 Å². The largest absolute Gasteiger partial charge is 1.00 e. The normalized spacial score (nSPS) is 11.5. The summed E-state index contributed by atoms with van der Waals surface area (Å²) in [5, 5.41) is 0. The summed E-state index contributed by atoms with van der Waals surface area (Å²) in [6, 6.07) is 0. The van der Waals surface area contributed by atoms with Gasteiger partial charge in [0.25, 0.3) is 0 Å². The molecule has 0 aliphatic heterocycles. The second-order valence-corrected chi connectivity index (χ2v) is 2.66. The zero-order valence-electron chi connectivity index (χ0n) is 7.28. The monoisotopic (exact) mass is 193 g/mol. The van der Waals surface area contributed by atoms with Gasteiger partial charge in [-0.25, -0.2) is 0 Å². The van der Waals surface area contributed by atoms with E-state index in [-0.39, 0.29) is 57.8 Å². The van der Waals surface area contributed by atoms with Gasteiger partial charge in [0.1, 0.15) is 0 Å². The Kier molecular flexibility index (Phi) is 9.39. The van der Waals surface area contributed by atoms with Gasteiger partial charge < -0.3 is 17.8 Å². The van der Waals surface area contributed by atoms with Gasteiger partial charge in [0, 0.05) is 0 Å². The van der Waals surface area contributed by atoms with Gasteiger partial charge >= 0.3 is 58.4 Å². The average Bonchev–Trinajstić information content (AvgIpc) is 1.59. The molecule has 0 spiro atoms. The SMILES string of the molecule is CN(C)CCC[B-](F)(F)F.[K+]. The van der Waals surface area contributed by atoms with Gasteiger partial charge in [0.05, 0.1) is 0 Å². The Morgan fingerprint density at radius 3 is 1.91 bits per heavy atom. The van der Waals surface area contributed by atoms with Crippen LogP contribution in [0.25, 0.3) is 0 Å². The molecule has 0 fully saturated rings. The van der Waals surface area contributed by atoms with E-state index in [4.69, 9.17) is 0 Å². The van der Waals surface area contributed by atoms with Crippen LogP contribution in [-0.2, 0) is 0 Å². The third-order valence-electron chi connectivity index (χ3n) is 1.14. The predicted molar refractivity (Wildman–Crippen MR) is 37.1 cm³/mol. The Bertz CT molecular complexity index is 96.2. The summed E-state index contributed by atoms with van der Waals surface area (Å²) in [7, 11) is 3.53. The van der Waals surface area contributed by atoms with Crippen LogP contribution in [0, 0.1) is 0 Å². The molecule has 0 atom stereocenters. The molecule has 0 aliphatic rings. The molecule has 0 aliphatic carbocycles. The maximum absolute atomic E-state index is 11.6. The molecule has 0 rings (SSSR count). The van der Waals surface area contributed by atoms with Crippen molar-refractivity contribution in [1.29, 1.82) is 0 Å². The molecular formula is C5H12BF3KN. The molecular weight excluding hydrogens is 181 g/mol. The van der Waals surface area contributed by atoms with Crippen molar-refractivity contribution in [1.82, 2.24) is 4.90 Å².